The van der Waals surface area contributed by atoms with Crippen molar-refractivity contribution in [3.63, 3.8) is 0 Å². The maximum atomic E-state index is 12.8. The van der Waals surface area contributed by atoms with Crippen LogP contribution >= 0.6 is 0 Å². The zero-order valence-corrected chi connectivity index (χ0v) is 19.9. The molecule has 1 unspecified atom stereocenters. The molecule has 0 saturated carbocycles. The molecule has 0 aromatic heterocycles. The van der Waals surface area contributed by atoms with Gasteiger partial charge in [0.1, 0.15) is 11.8 Å². The van der Waals surface area contributed by atoms with Gasteiger partial charge >= 0.3 is 0 Å². The smallest absolute Gasteiger partial charge is 0.263 e. The molecule has 0 fully saturated rings. The van der Waals surface area contributed by atoms with Crippen LogP contribution < -0.4 is 23.9 Å². The van der Waals surface area contributed by atoms with E-state index in [9.17, 15) is 13.2 Å². The molecule has 0 aliphatic rings. The summed E-state index contributed by atoms with van der Waals surface area (Å²) in [6.07, 6.45) is 1.57. The highest BCUT2D eigenvalue weighted by molar-refractivity contribution is 7.92. The lowest BCUT2D eigenvalue weighted by Crippen LogP contribution is -2.47. The molecular weight excluding hydrogens is 434 g/mol. The maximum absolute atomic E-state index is 12.8. The van der Waals surface area contributed by atoms with Crippen molar-refractivity contribution in [3.8, 4) is 17.2 Å². The van der Waals surface area contributed by atoms with Gasteiger partial charge in [-0.1, -0.05) is 6.92 Å². The number of methoxy groups -OCH3 is 3. The lowest BCUT2D eigenvalue weighted by Gasteiger charge is -2.27. The Morgan fingerprint density at radius 1 is 1.03 bits per heavy atom. The number of rotatable bonds is 10. The molecule has 1 atom stereocenters. The van der Waals surface area contributed by atoms with Crippen molar-refractivity contribution < 1.29 is 27.4 Å². The summed E-state index contributed by atoms with van der Waals surface area (Å²) in [5.41, 5.74) is 4.17. The van der Waals surface area contributed by atoms with Gasteiger partial charge in [-0.05, 0) is 55.8 Å². The predicted octanol–water partition coefficient (Wildman–Crippen LogP) is 2.80. The van der Waals surface area contributed by atoms with Crippen molar-refractivity contribution in [2.45, 2.75) is 26.3 Å². The fourth-order valence-electron chi connectivity index (χ4n) is 3.12. The summed E-state index contributed by atoms with van der Waals surface area (Å²) in [7, 11) is 0.853. The summed E-state index contributed by atoms with van der Waals surface area (Å²) in [5, 5.41) is 4.23. The van der Waals surface area contributed by atoms with Gasteiger partial charge in [-0.25, -0.2) is 13.8 Å². The lowest BCUT2D eigenvalue weighted by atomic mass is 10.1. The first kappa shape index (κ1) is 25.0. The van der Waals surface area contributed by atoms with Crippen LogP contribution in [-0.4, -0.2) is 53.7 Å². The number of anilines is 1. The Morgan fingerprint density at radius 3 is 2.16 bits per heavy atom. The third kappa shape index (κ3) is 5.91. The largest absolute Gasteiger partial charge is 0.497 e. The number of nitrogens with zero attached hydrogens (tertiary/aromatic N) is 2. The topological polar surface area (TPSA) is 107 Å². The Kier molecular flexibility index (Phi) is 8.48. The second-order valence-corrected chi connectivity index (χ2v) is 8.75. The Labute approximate surface area is 189 Å². The van der Waals surface area contributed by atoms with Crippen molar-refractivity contribution >= 4 is 27.3 Å². The van der Waals surface area contributed by atoms with Crippen molar-refractivity contribution in [2.75, 3.05) is 31.9 Å². The van der Waals surface area contributed by atoms with Gasteiger partial charge in [0.05, 0.1) is 39.0 Å². The first-order valence-corrected chi connectivity index (χ1v) is 11.7. The first-order valence-electron chi connectivity index (χ1n) is 9.88. The van der Waals surface area contributed by atoms with Gasteiger partial charge in [-0.15, -0.1) is 0 Å². The summed E-state index contributed by atoms with van der Waals surface area (Å²) in [5.74, 6) is 1.12. The van der Waals surface area contributed by atoms with Crippen LogP contribution in [0.4, 0.5) is 5.69 Å². The highest BCUT2D eigenvalue weighted by atomic mass is 32.2. The molecule has 0 aliphatic heterocycles. The normalized spacial score (nSPS) is 12.6. The monoisotopic (exact) mass is 463 g/mol. The number of benzene rings is 2. The standard InChI is InChI=1S/C22H29N3O6S/c1-7-19(16-8-13-20(30-4)21(14-16)31-5)23-24-22(26)15(2)25(32(6,27)28)17-9-11-18(29-3)12-10-17/h8-15H,7H2,1-6H3,(H,24,26)/b23-19+. The van der Waals surface area contributed by atoms with Gasteiger partial charge < -0.3 is 14.2 Å². The number of carbonyl (C=O) groups is 1. The molecule has 32 heavy (non-hydrogen) atoms. The molecule has 2 aromatic rings. The second-order valence-electron chi connectivity index (χ2n) is 6.89. The number of ether oxygens (including phenoxy) is 3. The van der Waals surface area contributed by atoms with E-state index < -0.39 is 22.0 Å². The number of sulfonamides is 1. The minimum atomic E-state index is -3.74. The van der Waals surface area contributed by atoms with Gasteiger partial charge in [0, 0.05) is 5.56 Å². The van der Waals surface area contributed by atoms with Crippen molar-refractivity contribution in [1.29, 1.82) is 0 Å². The molecule has 2 aromatic carbocycles. The number of hydrogen-bond acceptors (Lipinski definition) is 7. The first-order chi connectivity index (χ1) is 15.2. The Bertz CT molecular complexity index is 1070. The molecule has 1 N–H and O–H groups in total. The van der Waals surface area contributed by atoms with E-state index in [2.05, 4.69) is 10.5 Å². The highest BCUT2D eigenvalue weighted by Crippen LogP contribution is 2.28. The number of nitrogens with one attached hydrogen (secondary N) is 1. The Balaban J connectivity index is 2.28. The van der Waals surface area contributed by atoms with Crippen molar-refractivity contribution in [2.24, 2.45) is 5.10 Å². The molecule has 9 nitrogen and oxygen atoms in total. The number of hydrogen-bond donors (Lipinski definition) is 1. The van der Waals surface area contributed by atoms with E-state index in [4.69, 9.17) is 14.2 Å². The van der Waals surface area contributed by atoms with Crippen LogP contribution in [-0.2, 0) is 14.8 Å². The molecule has 0 aliphatic carbocycles. The zero-order chi connectivity index (χ0) is 23.9. The number of hydrazone groups is 1. The van der Waals surface area contributed by atoms with E-state index in [0.29, 0.717) is 35.1 Å². The molecule has 0 radical (unpaired) electrons. The predicted molar refractivity (Wildman–Crippen MR) is 124 cm³/mol. The Hall–Kier alpha value is -3.27. The molecule has 2 rings (SSSR count). The van der Waals surface area contributed by atoms with Crippen LogP contribution in [0.5, 0.6) is 17.2 Å². The summed E-state index contributed by atoms with van der Waals surface area (Å²) in [6.45, 7) is 3.39. The number of amides is 1. The van der Waals surface area contributed by atoms with E-state index in [-0.39, 0.29) is 0 Å². The Morgan fingerprint density at radius 2 is 1.66 bits per heavy atom. The van der Waals surface area contributed by atoms with Crippen LogP contribution in [0.15, 0.2) is 47.6 Å². The second kappa shape index (κ2) is 10.9. The van der Waals surface area contributed by atoms with E-state index in [1.54, 1.807) is 49.6 Å². The van der Waals surface area contributed by atoms with Gasteiger partial charge in [-0.2, -0.15) is 5.10 Å². The van der Waals surface area contributed by atoms with Gasteiger partial charge in [0.15, 0.2) is 11.5 Å². The third-order valence-electron chi connectivity index (χ3n) is 4.77. The molecular formula is C22H29N3O6S. The lowest BCUT2D eigenvalue weighted by molar-refractivity contribution is -0.121. The number of carbonyl (C=O) groups excluding carboxylic acids is 1. The van der Waals surface area contributed by atoms with Gasteiger partial charge in [0.2, 0.25) is 10.0 Å². The van der Waals surface area contributed by atoms with E-state index in [1.807, 2.05) is 6.92 Å². The fraction of sp³-hybridized carbons (Fsp3) is 0.364. The van der Waals surface area contributed by atoms with Gasteiger partial charge in [0.25, 0.3) is 5.91 Å². The fourth-order valence-corrected chi connectivity index (χ4v) is 4.29. The summed E-state index contributed by atoms with van der Waals surface area (Å²) < 4.78 is 41.6. The zero-order valence-electron chi connectivity index (χ0n) is 19.1. The molecule has 174 valence electrons. The molecule has 0 spiro atoms. The SMILES string of the molecule is CC/C(=N\NC(=O)C(C)N(c1ccc(OC)cc1)S(C)(=O)=O)c1ccc(OC)c(OC)c1. The average Bonchev–Trinajstić information content (AvgIpc) is 2.78. The third-order valence-corrected chi connectivity index (χ3v) is 6.01. The van der Waals surface area contributed by atoms with E-state index in [1.165, 1.54) is 21.1 Å². The maximum Gasteiger partial charge on any atom is 0.263 e. The minimum absolute atomic E-state index is 0.343. The molecule has 0 saturated heterocycles. The molecule has 0 bridgehead atoms. The average molecular weight is 464 g/mol. The summed E-state index contributed by atoms with van der Waals surface area (Å²) in [4.78, 5) is 12.8. The van der Waals surface area contributed by atoms with Crippen molar-refractivity contribution in [3.05, 3.63) is 48.0 Å². The molecule has 0 heterocycles. The van der Waals surface area contributed by atoms with Crippen molar-refractivity contribution in [1.82, 2.24) is 5.43 Å². The summed E-state index contributed by atoms with van der Waals surface area (Å²) in [6, 6.07) is 10.7. The van der Waals surface area contributed by atoms with Crippen LogP contribution in [0, 0.1) is 0 Å². The van der Waals surface area contributed by atoms with E-state index in [0.717, 1.165) is 16.1 Å². The molecule has 1 amide bonds. The quantitative estimate of drug-likeness (QED) is 0.429. The van der Waals surface area contributed by atoms with Crippen LogP contribution in [0.2, 0.25) is 0 Å². The highest BCUT2D eigenvalue weighted by Gasteiger charge is 2.29. The van der Waals surface area contributed by atoms with E-state index >= 15 is 0 Å². The summed E-state index contributed by atoms with van der Waals surface area (Å²) >= 11 is 0. The minimum Gasteiger partial charge on any atom is -0.497 e. The van der Waals surface area contributed by atoms with Crippen LogP contribution in [0.1, 0.15) is 25.8 Å². The van der Waals surface area contributed by atoms with Crippen LogP contribution in [0.3, 0.4) is 0 Å². The van der Waals surface area contributed by atoms with Crippen LogP contribution in [0.25, 0.3) is 0 Å². The molecule has 10 heteroatoms. The van der Waals surface area contributed by atoms with Gasteiger partial charge in [-0.3, -0.25) is 9.10 Å².